The number of likely N-dealkylation sites (N-methyl/N-ethyl adjacent to an activating group) is 2. The average molecular weight is 253 g/mol. The lowest BCUT2D eigenvalue weighted by atomic mass is 9.93. The standard InChI is InChI=1S/C15H31N3/c1-16-14(10-13-6-4-5-7-13)11-15-12-17(2)8-9-18(15)3/h13-16H,4-12H2,1-3H3. The minimum atomic E-state index is 0.715. The molecule has 106 valence electrons. The topological polar surface area (TPSA) is 18.5 Å². The summed E-state index contributed by atoms with van der Waals surface area (Å²) in [5.74, 6) is 0.995. The van der Waals surface area contributed by atoms with Crippen LogP contribution in [-0.2, 0) is 0 Å². The Kier molecular flexibility index (Phi) is 5.46. The predicted molar refractivity (Wildman–Crippen MR) is 78.0 cm³/mol. The second kappa shape index (κ2) is 6.88. The van der Waals surface area contributed by atoms with E-state index in [0.717, 1.165) is 12.0 Å². The maximum Gasteiger partial charge on any atom is 0.0235 e. The Balaban J connectivity index is 1.80. The third kappa shape index (κ3) is 3.94. The molecular formula is C15H31N3. The molecule has 1 aliphatic carbocycles. The van der Waals surface area contributed by atoms with Crippen molar-refractivity contribution >= 4 is 0 Å². The van der Waals surface area contributed by atoms with E-state index in [9.17, 15) is 0 Å². The molecule has 2 fully saturated rings. The van der Waals surface area contributed by atoms with Crippen molar-refractivity contribution in [3.8, 4) is 0 Å². The Labute approximate surface area is 113 Å². The number of rotatable bonds is 5. The lowest BCUT2D eigenvalue weighted by Gasteiger charge is -2.39. The van der Waals surface area contributed by atoms with Crippen molar-refractivity contribution in [3.05, 3.63) is 0 Å². The third-order valence-corrected chi connectivity index (χ3v) is 5.04. The average Bonchev–Trinajstić information content (AvgIpc) is 2.85. The van der Waals surface area contributed by atoms with Crippen molar-refractivity contribution in [1.29, 1.82) is 0 Å². The van der Waals surface area contributed by atoms with E-state index < -0.39 is 0 Å². The van der Waals surface area contributed by atoms with Gasteiger partial charge >= 0.3 is 0 Å². The van der Waals surface area contributed by atoms with Crippen LogP contribution in [0.3, 0.4) is 0 Å². The van der Waals surface area contributed by atoms with Crippen LogP contribution in [0.2, 0.25) is 0 Å². The molecule has 18 heavy (non-hydrogen) atoms. The Morgan fingerprint density at radius 3 is 2.50 bits per heavy atom. The molecule has 2 atom stereocenters. The molecule has 2 rings (SSSR count). The molecule has 1 saturated carbocycles. The molecule has 2 aliphatic rings. The molecule has 0 bridgehead atoms. The van der Waals surface area contributed by atoms with E-state index in [1.165, 1.54) is 58.2 Å². The molecule has 0 aromatic rings. The SMILES string of the molecule is CNC(CC1CCCC1)CC1CN(C)CCN1C. The molecule has 3 heteroatoms. The zero-order valence-electron chi connectivity index (χ0n) is 12.5. The molecule has 1 N–H and O–H groups in total. The summed E-state index contributed by atoms with van der Waals surface area (Å²) in [5, 5.41) is 3.57. The van der Waals surface area contributed by atoms with Gasteiger partial charge in [-0.05, 0) is 39.9 Å². The van der Waals surface area contributed by atoms with Gasteiger partial charge in [-0.2, -0.15) is 0 Å². The fraction of sp³-hybridized carbons (Fsp3) is 1.00. The van der Waals surface area contributed by atoms with Crippen molar-refractivity contribution < 1.29 is 0 Å². The first kappa shape index (κ1) is 14.3. The smallest absolute Gasteiger partial charge is 0.0235 e. The first-order valence-electron chi connectivity index (χ1n) is 7.75. The van der Waals surface area contributed by atoms with Crippen LogP contribution >= 0.6 is 0 Å². The van der Waals surface area contributed by atoms with Gasteiger partial charge in [0.2, 0.25) is 0 Å². The van der Waals surface area contributed by atoms with Gasteiger partial charge in [-0.25, -0.2) is 0 Å². The molecule has 0 spiro atoms. The highest BCUT2D eigenvalue weighted by Crippen LogP contribution is 2.29. The summed E-state index contributed by atoms with van der Waals surface area (Å²) in [6.45, 7) is 3.68. The van der Waals surface area contributed by atoms with Crippen molar-refractivity contribution in [3.63, 3.8) is 0 Å². The minimum absolute atomic E-state index is 0.715. The van der Waals surface area contributed by atoms with Gasteiger partial charge in [-0.15, -0.1) is 0 Å². The van der Waals surface area contributed by atoms with Gasteiger partial charge < -0.3 is 15.1 Å². The highest BCUT2D eigenvalue weighted by atomic mass is 15.3. The van der Waals surface area contributed by atoms with Crippen LogP contribution in [-0.4, -0.2) is 62.7 Å². The summed E-state index contributed by atoms with van der Waals surface area (Å²) in [5.41, 5.74) is 0. The molecule has 3 nitrogen and oxygen atoms in total. The van der Waals surface area contributed by atoms with E-state index in [4.69, 9.17) is 0 Å². The molecule has 0 radical (unpaired) electrons. The van der Waals surface area contributed by atoms with Crippen LogP contribution in [0.4, 0.5) is 0 Å². The maximum absolute atomic E-state index is 3.57. The van der Waals surface area contributed by atoms with Crippen LogP contribution in [0.15, 0.2) is 0 Å². The Bertz CT molecular complexity index is 238. The van der Waals surface area contributed by atoms with Gasteiger partial charge in [-0.1, -0.05) is 25.7 Å². The summed E-state index contributed by atoms with van der Waals surface area (Å²) >= 11 is 0. The molecule has 1 heterocycles. The van der Waals surface area contributed by atoms with E-state index in [-0.39, 0.29) is 0 Å². The Morgan fingerprint density at radius 1 is 1.11 bits per heavy atom. The number of nitrogens with zero attached hydrogens (tertiary/aromatic N) is 2. The van der Waals surface area contributed by atoms with Crippen LogP contribution in [0.25, 0.3) is 0 Å². The summed E-state index contributed by atoms with van der Waals surface area (Å²) in [7, 11) is 6.69. The van der Waals surface area contributed by atoms with Gasteiger partial charge in [0.25, 0.3) is 0 Å². The highest BCUT2D eigenvalue weighted by molar-refractivity contribution is 4.84. The van der Waals surface area contributed by atoms with Crippen LogP contribution in [0.1, 0.15) is 38.5 Å². The van der Waals surface area contributed by atoms with Crippen LogP contribution in [0, 0.1) is 5.92 Å². The molecular weight excluding hydrogens is 222 g/mol. The van der Waals surface area contributed by atoms with Crippen molar-refractivity contribution in [2.75, 3.05) is 40.8 Å². The molecule has 0 aromatic carbocycles. The molecule has 0 amide bonds. The fourth-order valence-electron chi connectivity index (χ4n) is 3.66. The number of hydrogen-bond donors (Lipinski definition) is 1. The summed E-state index contributed by atoms with van der Waals surface area (Å²) < 4.78 is 0. The van der Waals surface area contributed by atoms with E-state index >= 15 is 0 Å². The number of piperazine rings is 1. The minimum Gasteiger partial charge on any atom is -0.317 e. The van der Waals surface area contributed by atoms with Crippen LogP contribution < -0.4 is 5.32 Å². The Hall–Kier alpha value is -0.120. The largest absolute Gasteiger partial charge is 0.317 e. The first-order chi connectivity index (χ1) is 8.69. The van der Waals surface area contributed by atoms with E-state index in [2.05, 4.69) is 36.3 Å². The lowest BCUT2D eigenvalue weighted by molar-refractivity contribution is 0.0991. The lowest BCUT2D eigenvalue weighted by Crippen LogP contribution is -2.52. The molecule has 2 unspecified atom stereocenters. The summed E-state index contributed by atoms with van der Waals surface area (Å²) in [6, 6.07) is 1.45. The number of hydrogen-bond acceptors (Lipinski definition) is 3. The summed E-state index contributed by atoms with van der Waals surface area (Å²) in [6.07, 6.45) is 8.58. The third-order valence-electron chi connectivity index (χ3n) is 5.04. The quantitative estimate of drug-likeness (QED) is 0.806. The molecule has 1 saturated heterocycles. The maximum atomic E-state index is 3.57. The monoisotopic (exact) mass is 253 g/mol. The molecule has 1 aliphatic heterocycles. The van der Waals surface area contributed by atoms with Crippen LogP contribution in [0.5, 0.6) is 0 Å². The van der Waals surface area contributed by atoms with Crippen molar-refractivity contribution in [1.82, 2.24) is 15.1 Å². The van der Waals surface area contributed by atoms with Crippen molar-refractivity contribution in [2.24, 2.45) is 5.92 Å². The molecule has 0 aromatic heterocycles. The zero-order valence-corrected chi connectivity index (χ0v) is 12.5. The first-order valence-corrected chi connectivity index (χ1v) is 7.75. The van der Waals surface area contributed by atoms with E-state index in [1.807, 2.05) is 0 Å². The fourth-order valence-corrected chi connectivity index (χ4v) is 3.66. The second-order valence-corrected chi connectivity index (χ2v) is 6.50. The van der Waals surface area contributed by atoms with E-state index in [1.54, 1.807) is 0 Å². The van der Waals surface area contributed by atoms with Gasteiger partial charge in [0.05, 0.1) is 0 Å². The van der Waals surface area contributed by atoms with E-state index in [0.29, 0.717) is 6.04 Å². The predicted octanol–water partition coefficient (Wildman–Crippen LogP) is 1.79. The summed E-state index contributed by atoms with van der Waals surface area (Å²) in [4.78, 5) is 5.03. The normalized spacial score (nSPS) is 29.8. The highest BCUT2D eigenvalue weighted by Gasteiger charge is 2.26. The van der Waals surface area contributed by atoms with Crippen molar-refractivity contribution in [2.45, 2.75) is 50.6 Å². The second-order valence-electron chi connectivity index (χ2n) is 6.50. The Morgan fingerprint density at radius 2 is 1.83 bits per heavy atom. The zero-order chi connectivity index (χ0) is 13.0. The van der Waals surface area contributed by atoms with Gasteiger partial charge in [0.15, 0.2) is 0 Å². The number of nitrogens with one attached hydrogen (secondary N) is 1. The van der Waals surface area contributed by atoms with Gasteiger partial charge in [0, 0.05) is 31.7 Å². The van der Waals surface area contributed by atoms with Gasteiger partial charge in [0.1, 0.15) is 0 Å². The van der Waals surface area contributed by atoms with Gasteiger partial charge in [-0.3, -0.25) is 0 Å².